The summed E-state index contributed by atoms with van der Waals surface area (Å²) >= 11 is 0. The van der Waals surface area contributed by atoms with Crippen LogP contribution in [0.4, 0.5) is 0 Å². The van der Waals surface area contributed by atoms with Gasteiger partial charge in [0.15, 0.2) is 0 Å². The fraction of sp³-hybridized carbons (Fsp3) is 0.600. The summed E-state index contributed by atoms with van der Waals surface area (Å²) in [6.45, 7) is 1.99. The average molecular weight is 179 g/mol. The molecule has 0 saturated heterocycles. The Morgan fingerprint density at radius 3 is 2.92 bits per heavy atom. The summed E-state index contributed by atoms with van der Waals surface area (Å²) in [6, 6.07) is 2.04. The summed E-state index contributed by atoms with van der Waals surface area (Å²) in [5.74, 6) is -0.750. The van der Waals surface area contributed by atoms with Gasteiger partial charge in [-0.05, 0) is 31.6 Å². The molecule has 1 unspecified atom stereocenters. The molecule has 0 aromatic rings. The van der Waals surface area contributed by atoms with E-state index in [1.165, 1.54) is 0 Å². The van der Waals surface area contributed by atoms with Crippen LogP contribution in [0.5, 0.6) is 0 Å². The van der Waals surface area contributed by atoms with Crippen LogP contribution in [0.1, 0.15) is 32.6 Å². The summed E-state index contributed by atoms with van der Waals surface area (Å²) < 4.78 is 0. The monoisotopic (exact) mass is 179 g/mol. The van der Waals surface area contributed by atoms with Gasteiger partial charge in [-0.2, -0.15) is 5.26 Å². The first-order chi connectivity index (χ1) is 6.20. The van der Waals surface area contributed by atoms with Crippen LogP contribution in [-0.2, 0) is 4.79 Å². The van der Waals surface area contributed by atoms with Crippen LogP contribution in [0, 0.1) is 17.2 Å². The number of carboxylic acids is 1. The maximum atomic E-state index is 10.8. The number of nitrogens with zero attached hydrogens (tertiary/aromatic N) is 1. The van der Waals surface area contributed by atoms with Crippen LogP contribution in [-0.4, -0.2) is 11.1 Å². The molecule has 1 aliphatic rings. The minimum absolute atomic E-state index is 0.171. The first-order valence-electron chi connectivity index (χ1n) is 4.57. The number of allylic oxidation sites excluding steroid dienone is 1. The Bertz CT molecular complexity index is 286. The Balaban J connectivity index is 3.03. The summed E-state index contributed by atoms with van der Waals surface area (Å²) in [6.07, 6.45) is 3.26. The second kappa shape index (κ2) is 4.08. The molecule has 0 aromatic heterocycles. The zero-order valence-electron chi connectivity index (χ0n) is 7.71. The van der Waals surface area contributed by atoms with E-state index in [1.807, 2.05) is 13.0 Å². The van der Waals surface area contributed by atoms with Crippen LogP contribution in [0.3, 0.4) is 0 Å². The summed E-state index contributed by atoms with van der Waals surface area (Å²) in [5.41, 5.74) is 0.835. The van der Waals surface area contributed by atoms with Crippen molar-refractivity contribution in [2.75, 3.05) is 0 Å². The predicted octanol–water partition coefficient (Wildman–Crippen LogP) is 2.10. The van der Waals surface area contributed by atoms with Gasteiger partial charge in [0.1, 0.15) is 0 Å². The lowest BCUT2D eigenvalue weighted by Gasteiger charge is -2.21. The van der Waals surface area contributed by atoms with E-state index in [2.05, 4.69) is 0 Å². The maximum absolute atomic E-state index is 10.8. The molecule has 0 radical (unpaired) electrons. The number of hydrogen-bond acceptors (Lipinski definition) is 2. The zero-order chi connectivity index (χ0) is 9.84. The lowest BCUT2D eigenvalue weighted by atomic mass is 9.82. The molecule has 1 atom stereocenters. The zero-order valence-corrected chi connectivity index (χ0v) is 7.71. The molecule has 0 amide bonds. The summed E-state index contributed by atoms with van der Waals surface area (Å²) in [7, 11) is 0. The SMILES string of the molecule is CCC1CCCC(C(=O)O)=C1C#N. The second-order valence-corrected chi connectivity index (χ2v) is 3.31. The Morgan fingerprint density at radius 2 is 2.46 bits per heavy atom. The normalized spacial score (nSPS) is 22.6. The van der Waals surface area contributed by atoms with Crippen molar-refractivity contribution in [1.29, 1.82) is 5.26 Å². The quantitative estimate of drug-likeness (QED) is 0.706. The molecule has 70 valence electrons. The molecule has 13 heavy (non-hydrogen) atoms. The molecule has 0 fully saturated rings. The van der Waals surface area contributed by atoms with Crippen molar-refractivity contribution < 1.29 is 9.90 Å². The first kappa shape index (κ1) is 9.79. The van der Waals surface area contributed by atoms with Crippen molar-refractivity contribution >= 4 is 5.97 Å². The Labute approximate surface area is 77.7 Å². The Morgan fingerprint density at radius 1 is 1.77 bits per heavy atom. The van der Waals surface area contributed by atoms with Crippen LogP contribution in [0.2, 0.25) is 0 Å². The van der Waals surface area contributed by atoms with Gasteiger partial charge in [-0.3, -0.25) is 0 Å². The number of aliphatic carboxylic acids is 1. The van der Waals surface area contributed by atoms with Crippen LogP contribution in [0.15, 0.2) is 11.1 Å². The highest BCUT2D eigenvalue weighted by molar-refractivity contribution is 5.88. The van der Waals surface area contributed by atoms with Gasteiger partial charge in [0.05, 0.1) is 11.6 Å². The van der Waals surface area contributed by atoms with Crippen molar-refractivity contribution in [3.8, 4) is 6.07 Å². The molecule has 0 bridgehead atoms. The maximum Gasteiger partial charge on any atom is 0.332 e. The third-order valence-electron chi connectivity index (χ3n) is 2.58. The van der Waals surface area contributed by atoms with Gasteiger partial charge in [0.2, 0.25) is 0 Å². The van der Waals surface area contributed by atoms with Crippen LogP contribution < -0.4 is 0 Å². The van der Waals surface area contributed by atoms with Crippen molar-refractivity contribution in [2.45, 2.75) is 32.6 Å². The van der Waals surface area contributed by atoms with E-state index in [1.54, 1.807) is 0 Å². The third-order valence-corrected chi connectivity index (χ3v) is 2.58. The molecule has 1 N–H and O–H groups in total. The molecule has 3 heteroatoms. The minimum atomic E-state index is -0.922. The van der Waals surface area contributed by atoms with Gasteiger partial charge in [-0.1, -0.05) is 6.92 Å². The highest BCUT2D eigenvalue weighted by atomic mass is 16.4. The topological polar surface area (TPSA) is 61.1 Å². The summed E-state index contributed by atoms with van der Waals surface area (Å²) in [4.78, 5) is 10.8. The van der Waals surface area contributed by atoms with Crippen molar-refractivity contribution in [2.24, 2.45) is 5.92 Å². The van der Waals surface area contributed by atoms with Gasteiger partial charge in [0, 0.05) is 5.57 Å². The van der Waals surface area contributed by atoms with E-state index in [9.17, 15) is 4.79 Å². The Hall–Kier alpha value is -1.30. The Kier molecular flexibility index (Phi) is 3.07. The third kappa shape index (κ3) is 1.89. The lowest BCUT2D eigenvalue weighted by Crippen LogP contribution is -2.15. The number of rotatable bonds is 2. The lowest BCUT2D eigenvalue weighted by molar-refractivity contribution is -0.133. The molecule has 0 heterocycles. The van der Waals surface area contributed by atoms with Gasteiger partial charge >= 0.3 is 5.97 Å². The van der Waals surface area contributed by atoms with Gasteiger partial charge < -0.3 is 5.11 Å². The molecule has 1 aliphatic carbocycles. The number of carboxylic acid groups (broad SMARTS) is 1. The van der Waals surface area contributed by atoms with Crippen molar-refractivity contribution in [3.63, 3.8) is 0 Å². The molecule has 3 nitrogen and oxygen atoms in total. The van der Waals surface area contributed by atoms with Gasteiger partial charge in [-0.25, -0.2) is 4.79 Å². The fourth-order valence-corrected chi connectivity index (χ4v) is 1.84. The highest BCUT2D eigenvalue weighted by Crippen LogP contribution is 2.31. The fourth-order valence-electron chi connectivity index (χ4n) is 1.84. The highest BCUT2D eigenvalue weighted by Gasteiger charge is 2.25. The van der Waals surface area contributed by atoms with E-state index in [4.69, 9.17) is 10.4 Å². The average Bonchev–Trinajstić information content (AvgIpc) is 2.16. The molecular formula is C10H13NO2. The van der Waals surface area contributed by atoms with Crippen molar-refractivity contribution in [1.82, 2.24) is 0 Å². The first-order valence-corrected chi connectivity index (χ1v) is 4.57. The smallest absolute Gasteiger partial charge is 0.332 e. The molecule has 1 rings (SSSR count). The van der Waals surface area contributed by atoms with E-state index < -0.39 is 5.97 Å². The minimum Gasteiger partial charge on any atom is -0.478 e. The molecule has 0 spiro atoms. The van der Waals surface area contributed by atoms with E-state index >= 15 is 0 Å². The molecule has 0 aliphatic heterocycles. The molecular weight excluding hydrogens is 166 g/mol. The number of hydrogen-bond donors (Lipinski definition) is 1. The number of nitriles is 1. The van der Waals surface area contributed by atoms with Gasteiger partial charge in [-0.15, -0.1) is 0 Å². The molecule has 0 aromatic carbocycles. The predicted molar refractivity (Wildman–Crippen MR) is 47.9 cm³/mol. The van der Waals surface area contributed by atoms with Crippen LogP contribution >= 0.6 is 0 Å². The van der Waals surface area contributed by atoms with E-state index in [-0.39, 0.29) is 5.92 Å². The van der Waals surface area contributed by atoms with Crippen LogP contribution in [0.25, 0.3) is 0 Å². The van der Waals surface area contributed by atoms with Gasteiger partial charge in [0.25, 0.3) is 0 Å². The standard InChI is InChI=1S/C10H13NO2/c1-2-7-4-3-5-8(10(12)13)9(7)6-11/h7H,2-5H2,1H3,(H,12,13). The largest absolute Gasteiger partial charge is 0.478 e. The van der Waals surface area contributed by atoms with Crippen molar-refractivity contribution in [3.05, 3.63) is 11.1 Å². The number of carbonyl (C=O) groups is 1. The molecule has 0 saturated carbocycles. The second-order valence-electron chi connectivity index (χ2n) is 3.31. The van der Waals surface area contributed by atoms with E-state index in [0.717, 1.165) is 19.3 Å². The van der Waals surface area contributed by atoms with E-state index in [0.29, 0.717) is 17.6 Å². The summed E-state index contributed by atoms with van der Waals surface area (Å²) in [5, 5.41) is 17.7.